The number of benzene rings is 1. The largest absolute Gasteiger partial charge is 0.351 e. The third-order valence-corrected chi connectivity index (χ3v) is 5.42. The maximum absolute atomic E-state index is 13.1. The maximum atomic E-state index is 13.1. The predicted molar refractivity (Wildman–Crippen MR) is 90.1 cm³/mol. The number of aryl methyl sites for hydroxylation is 1. The van der Waals surface area contributed by atoms with Gasteiger partial charge in [-0.25, -0.2) is 0 Å². The van der Waals surface area contributed by atoms with Gasteiger partial charge in [0.05, 0.1) is 5.41 Å². The van der Waals surface area contributed by atoms with Gasteiger partial charge in [0, 0.05) is 26.1 Å². The number of hydrogen-bond acceptors (Lipinski definition) is 2. The third kappa shape index (κ3) is 3.12. The number of carbonyl (C=O) groups is 2. The Balaban J connectivity index is 1.78. The van der Waals surface area contributed by atoms with Crippen molar-refractivity contribution in [2.45, 2.75) is 56.9 Å². The number of likely N-dealkylation sites (tertiary alicyclic amines) is 1. The van der Waals surface area contributed by atoms with Crippen LogP contribution in [-0.4, -0.2) is 36.3 Å². The van der Waals surface area contributed by atoms with Crippen molar-refractivity contribution in [1.82, 2.24) is 10.2 Å². The van der Waals surface area contributed by atoms with Crippen LogP contribution in [0.25, 0.3) is 0 Å². The van der Waals surface area contributed by atoms with Crippen molar-refractivity contribution in [3.63, 3.8) is 0 Å². The van der Waals surface area contributed by atoms with Crippen LogP contribution in [0.4, 0.5) is 0 Å². The molecule has 1 aromatic carbocycles. The highest BCUT2D eigenvalue weighted by atomic mass is 16.2. The summed E-state index contributed by atoms with van der Waals surface area (Å²) in [5.41, 5.74) is 1.96. The normalized spacial score (nSPS) is 23.8. The molecule has 4 nitrogen and oxygen atoms in total. The fourth-order valence-corrected chi connectivity index (χ4v) is 4.02. The summed E-state index contributed by atoms with van der Waals surface area (Å²) in [6.07, 6.45) is 5.32. The number of amides is 2. The molecular formula is C19H26N2O2. The molecule has 2 aliphatic rings. The quantitative estimate of drug-likeness (QED) is 0.932. The molecule has 1 saturated carbocycles. The predicted octanol–water partition coefficient (Wildman–Crippen LogP) is 2.54. The molecule has 1 aromatic rings. The lowest BCUT2D eigenvalue weighted by Gasteiger charge is -2.34. The van der Waals surface area contributed by atoms with Crippen molar-refractivity contribution in [3.05, 3.63) is 35.4 Å². The summed E-state index contributed by atoms with van der Waals surface area (Å²) in [7, 11) is 1.81. The van der Waals surface area contributed by atoms with Gasteiger partial charge in [-0.3, -0.25) is 9.59 Å². The first kappa shape index (κ1) is 16.0. The van der Waals surface area contributed by atoms with Crippen LogP contribution in [-0.2, 0) is 15.0 Å². The van der Waals surface area contributed by atoms with Gasteiger partial charge >= 0.3 is 0 Å². The number of nitrogens with one attached hydrogen (secondary N) is 1. The molecule has 1 aliphatic carbocycles. The summed E-state index contributed by atoms with van der Waals surface area (Å²) in [6.45, 7) is 2.69. The lowest BCUT2D eigenvalue weighted by molar-refractivity contribution is -0.135. The second-order valence-corrected chi connectivity index (χ2v) is 7.14. The summed E-state index contributed by atoms with van der Waals surface area (Å²) in [4.78, 5) is 26.5. The van der Waals surface area contributed by atoms with Crippen LogP contribution in [0.5, 0.6) is 0 Å². The molecule has 1 saturated heterocycles. The molecule has 2 fully saturated rings. The van der Waals surface area contributed by atoms with Gasteiger partial charge in [-0.05, 0) is 31.7 Å². The van der Waals surface area contributed by atoms with Crippen molar-refractivity contribution in [2.75, 3.05) is 13.6 Å². The smallest absolute Gasteiger partial charge is 0.230 e. The molecular weight excluding hydrogens is 288 g/mol. The highest BCUT2D eigenvalue weighted by Gasteiger charge is 2.43. The molecule has 1 aliphatic heterocycles. The molecule has 2 amide bonds. The van der Waals surface area contributed by atoms with Crippen molar-refractivity contribution < 1.29 is 9.59 Å². The Labute approximate surface area is 138 Å². The van der Waals surface area contributed by atoms with Gasteiger partial charge in [0.15, 0.2) is 0 Å². The van der Waals surface area contributed by atoms with E-state index < -0.39 is 0 Å². The molecule has 1 N–H and O–H groups in total. The Bertz CT molecular complexity index is 605. The molecule has 4 heteroatoms. The van der Waals surface area contributed by atoms with E-state index in [0.29, 0.717) is 13.0 Å². The van der Waals surface area contributed by atoms with Crippen LogP contribution in [0, 0.1) is 6.92 Å². The molecule has 124 valence electrons. The molecule has 1 unspecified atom stereocenters. The van der Waals surface area contributed by atoms with Crippen LogP contribution < -0.4 is 5.32 Å². The Morgan fingerprint density at radius 1 is 1.30 bits per heavy atom. The first-order valence-corrected chi connectivity index (χ1v) is 8.63. The molecule has 1 heterocycles. The highest BCUT2D eigenvalue weighted by Crippen LogP contribution is 2.41. The fourth-order valence-electron chi connectivity index (χ4n) is 4.02. The Kier molecular flexibility index (Phi) is 4.42. The van der Waals surface area contributed by atoms with Crippen molar-refractivity contribution in [2.24, 2.45) is 0 Å². The van der Waals surface area contributed by atoms with Gasteiger partial charge in [0.25, 0.3) is 0 Å². The molecule has 0 spiro atoms. The van der Waals surface area contributed by atoms with Crippen LogP contribution in [0.2, 0.25) is 0 Å². The van der Waals surface area contributed by atoms with Gasteiger partial charge in [-0.1, -0.05) is 42.7 Å². The van der Waals surface area contributed by atoms with E-state index in [1.807, 2.05) is 13.1 Å². The maximum Gasteiger partial charge on any atom is 0.230 e. The highest BCUT2D eigenvalue weighted by molar-refractivity contribution is 5.89. The van der Waals surface area contributed by atoms with Crippen LogP contribution in [0.15, 0.2) is 24.3 Å². The van der Waals surface area contributed by atoms with E-state index in [0.717, 1.165) is 37.7 Å². The zero-order valence-electron chi connectivity index (χ0n) is 14.1. The van der Waals surface area contributed by atoms with Gasteiger partial charge in [0.2, 0.25) is 11.8 Å². The summed E-state index contributed by atoms with van der Waals surface area (Å²) in [6, 6.07) is 8.44. The summed E-state index contributed by atoms with van der Waals surface area (Å²) >= 11 is 0. The Morgan fingerprint density at radius 3 is 2.70 bits per heavy atom. The minimum absolute atomic E-state index is 0.0764. The Morgan fingerprint density at radius 2 is 2.04 bits per heavy atom. The first-order chi connectivity index (χ1) is 11.0. The summed E-state index contributed by atoms with van der Waals surface area (Å²) < 4.78 is 0. The lowest BCUT2D eigenvalue weighted by atomic mass is 9.77. The van der Waals surface area contributed by atoms with E-state index in [1.54, 1.807) is 4.90 Å². The lowest BCUT2D eigenvalue weighted by Crippen LogP contribution is -2.53. The topological polar surface area (TPSA) is 49.4 Å². The molecule has 0 aromatic heterocycles. The first-order valence-electron chi connectivity index (χ1n) is 8.63. The van der Waals surface area contributed by atoms with Crippen molar-refractivity contribution >= 4 is 11.8 Å². The molecule has 0 bridgehead atoms. The van der Waals surface area contributed by atoms with Crippen molar-refractivity contribution in [1.29, 1.82) is 0 Å². The van der Waals surface area contributed by atoms with Crippen LogP contribution >= 0.6 is 0 Å². The summed E-state index contributed by atoms with van der Waals surface area (Å²) in [5.74, 6) is 0.318. The SMILES string of the molecule is Cc1cccc(C2(C(=O)NC3CCC(=O)N(C)C3)CCCC2)c1. The minimum atomic E-state index is -0.383. The average Bonchev–Trinajstić information content (AvgIpc) is 3.02. The monoisotopic (exact) mass is 314 g/mol. The van der Waals surface area contributed by atoms with Gasteiger partial charge in [-0.15, -0.1) is 0 Å². The van der Waals surface area contributed by atoms with Crippen molar-refractivity contribution in [3.8, 4) is 0 Å². The Hall–Kier alpha value is -1.84. The molecule has 23 heavy (non-hydrogen) atoms. The van der Waals surface area contributed by atoms with Gasteiger partial charge < -0.3 is 10.2 Å². The van der Waals surface area contributed by atoms with E-state index in [1.165, 1.54) is 5.56 Å². The van der Waals surface area contributed by atoms with Crippen LogP contribution in [0.3, 0.4) is 0 Å². The average molecular weight is 314 g/mol. The number of piperidine rings is 1. The van der Waals surface area contributed by atoms with Crippen LogP contribution in [0.1, 0.15) is 49.7 Å². The molecule has 3 rings (SSSR count). The van der Waals surface area contributed by atoms with E-state index in [4.69, 9.17) is 0 Å². The number of hydrogen-bond donors (Lipinski definition) is 1. The number of likely N-dealkylation sites (N-methyl/N-ethyl adjacent to an activating group) is 1. The van der Waals surface area contributed by atoms with E-state index in [2.05, 4.69) is 30.4 Å². The number of rotatable bonds is 3. The number of carbonyl (C=O) groups excluding carboxylic acids is 2. The number of nitrogens with zero attached hydrogens (tertiary/aromatic N) is 1. The van der Waals surface area contributed by atoms with Gasteiger partial charge in [-0.2, -0.15) is 0 Å². The molecule has 1 atom stereocenters. The molecule has 0 radical (unpaired) electrons. The minimum Gasteiger partial charge on any atom is -0.351 e. The summed E-state index contributed by atoms with van der Waals surface area (Å²) in [5, 5.41) is 3.24. The second kappa shape index (κ2) is 6.34. The van der Waals surface area contributed by atoms with E-state index in [-0.39, 0.29) is 23.3 Å². The van der Waals surface area contributed by atoms with E-state index in [9.17, 15) is 9.59 Å². The fraction of sp³-hybridized carbons (Fsp3) is 0.579. The standard InChI is InChI=1S/C19H26N2O2/c1-14-6-5-7-15(12-14)19(10-3-4-11-19)18(23)20-16-8-9-17(22)21(2)13-16/h5-7,12,16H,3-4,8-11,13H2,1-2H3,(H,20,23). The third-order valence-electron chi connectivity index (χ3n) is 5.42. The van der Waals surface area contributed by atoms with E-state index >= 15 is 0 Å². The second-order valence-electron chi connectivity index (χ2n) is 7.14. The zero-order valence-corrected chi connectivity index (χ0v) is 14.1. The zero-order chi connectivity index (χ0) is 16.4. The van der Waals surface area contributed by atoms with Gasteiger partial charge in [0.1, 0.15) is 0 Å².